The van der Waals surface area contributed by atoms with Crippen molar-refractivity contribution in [1.29, 1.82) is 0 Å². The summed E-state index contributed by atoms with van der Waals surface area (Å²) in [5, 5.41) is 2.60. The van der Waals surface area contributed by atoms with Gasteiger partial charge in [0.15, 0.2) is 0 Å². The van der Waals surface area contributed by atoms with Crippen LogP contribution in [-0.4, -0.2) is 31.2 Å². The molecule has 9 heteroatoms. The number of carbonyl (C=O) groups excluding carboxylic acids is 1. The summed E-state index contributed by atoms with van der Waals surface area (Å²) >= 11 is 3.16. The van der Waals surface area contributed by atoms with Gasteiger partial charge in [0, 0.05) is 23.1 Å². The number of hydrogen-bond acceptors (Lipinski definition) is 3. The van der Waals surface area contributed by atoms with Crippen LogP contribution in [-0.2, 0) is 21.4 Å². The third-order valence-electron chi connectivity index (χ3n) is 4.39. The molecule has 1 aliphatic heterocycles. The van der Waals surface area contributed by atoms with Crippen molar-refractivity contribution < 1.29 is 22.0 Å². The lowest BCUT2D eigenvalue weighted by molar-refractivity contribution is -0.124. The number of benzene rings is 2. The largest absolute Gasteiger partial charge is 0.351 e. The van der Waals surface area contributed by atoms with Gasteiger partial charge in [0.05, 0.1) is 4.90 Å². The Morgan fingerprint density at radius 1 is 1.19 bits per heavy atom. The van der Waals surface area contributed by atoms with Crippen molar-refractivity contribution in [2.75, 3.05) is 6.54 Å². The highest BCUT2D eigenvalue weighted by molar-refractivity contribution is 9.10. The van der Waals surface area contributed by atoms with E-state index in [1.165, 1.54) is 18.2 Å². The smallest absolute Gasteiger partial charge is 0.243 e. The Morgan fingerprint density at radius 2 is 1.89 bits per heavy atom. The van der Waals surface area contributed by atoms with Crippen LogP contribution in [0.1, 0.15) is 18.4 Å². The van der Waals surface area contributed by atoms with Crippen LogP contribution < -0.4 is 5.32 Å². The first-order valence-electron chi connectivity index (χ1n) is 8.28. The zero-order valence-electron chi connectivity index (χ0n) is 14.2. The first kappa shape index (κ1) is 19.9. The molecule has 2 aromatic rings. The van der Waals surface area contributed by atoms with Gasteiger partial charge < -0.3 is 5.32 Å². The summed E-state index contributed by atoms with van der Waals surface area (Å²) in [6.07, 6.45) is 0.903. The molecule has 0 aromatic heterocycles. The van der Waals surface area contributed by atoms with E-state index in [9.17, 15) is 22.0 Å². The summed E-state index contributed by atoms with van der Waals surface area (Å²) in [6, 6.07) is 8.10. The van der Waals surface area contributed by atoms with Gasteiger partial charge in [-0.05, 0) is 49.2 Å². The Bertz CT molecular complexity index is 952. The van der Waals surface area contributed by atoms with Crippen molar-refractivity contribution in [2.24, 2.45) is 0 Å². The maximum Gasteiger partial charge on any atom is 0.243 e. The molecule has 1 N–H and O–H groups in total. The van der Waals surface area contributed by atoms with Crippen LogP contribution in [0.5, 0.6) is 0 Å². The molecule has 1 fully saturated rings. The van der Waals surface area contributed by atoms with Gasteiger partial charge in [-0.25, -0.2) is 17.2 Å². The van der Waals surface area contributed by atoms with Gasteiger partial charge in [-0.1, -0.05) is 22.0 Å². The lowest BCUT2D eigenvalue weighted by Crippen LogP contribution is -2.45. The highest BCUT2D eigenvalue weighted by Crippen LogP contribution is 2.26. The van der Waals surface area contributed by atoms with Gasteiger partial charge in [-0.2, -0.15) is 4.31 Å². The average molecular weight is 459 g/mol. The van der Waals surface area contributed by atoms with Crippen LogP contribution in [0.4, 0.5) is 8.78 Å². The number of halogens is 3. The number of hydrogen-bond donors (Lipinski definition) is 1. The number of rotatable bonds is 5. The Morgan fingerprint density at radius 3 is 2.56 bits per heavy atom. The molecule has 0 spiro atoms. The van der Waals surface area contributed by atoms with E-state index in [-0.39, 0.29) is 18.0 Å². The minimum absolute atomic E-state index is 0.0428. The molecule has 27 heavy (non-hydrogen) atoms. The molecule has 1 saturated heterocycles. The molecule has 1 amide bonds. The molecule has 2 aromatic carbocycles. The van der Waals surface area contributed by atoms with Gasteiger partial charge in [-0.15, -0.1) is 0 Å². The lowest BCUT2D eigenvalue weighted by Gasteiger charge is -2.23. The molecule has 144 valence electrons. The molecule has 1 atom stereocenters. The van der Waals surface area contributed by atoms with E-state index in [4.69, 9.17) is 0 Å². The van der Waals surface area contributed by atoms with Crippen molar-refractivity contribution in [3.05, 3.63) is 64.1 Å². The minimum Gasteiger partial charge on any atom is -0.351 e. The van der Waals surface area contributed by atoms with Crippen molar-refractivity contribution >= 4 is 31.9 Å². The number of amides is 1. The summed E-state index contributed by atoms with van der Waals surface area (Å²) in [4.78, 5) is 12.5. The second-order valence-corrected chi connectivity index (χ2v) is 8.99. The van der Waals surface area contributed by atoms with E-state index >= 15 is 0 Å². The van der Waals surface area contributed by atoms with E-state index in [1.54, 1.807) is 12.1 Å². The van der Waals surface area contributed by atoms with Gasteiger partial charge in [-0.3, -0.25) is 4.79 Å². The Hall–Kier alpha value is -1.84. The summed E-state index contributed by atoms with van der Waals surface area (Å²) in [7, 11) is -3.92. The summed E-state index contributed by atoms with van der Waals surface area (Å²) < 4.78 is 54.2. The first-order chi connectivity index (χ1) is 12.8. The Kier molecular flexibility index (Phi) is 5.92. The maximum atomic E-state index is 13.9. The zero-order chi connectivity index (χ0) is 19.6. The quantitative estimate of drug-likeness (QED) is 0.747. The molecular weight excluding hydrogens is 442 g/mol. The molecule has 0 saturated carbocycles. The minimum atomic E-state index is -3.92. The summed E-state index contributed by atoms with van der Waals surface area (Å²) in [5.41, 5.74) is 0.303. The normalized spacial score (nSPS) is 17.8. The zero-order valence-corrected chi connectivity index (χ0v) is 16.6. The van der Waals surface area contributed by atoms with E-state index in [2.05, 4.69) is 21.2 Å². The van der Waals surface area contributed by atoms with Crippen molar-refractivity contribution in [1.82, 2.24) is 9.62 Å². The predicted molar refractivity (Wildman–Crippen MR) is 99.3 cm³/mol. The topological polar surface area (TPSA) is 66.5 Å². The predicted octanol–water partition coefficient (Wildman–Crippen LogP) is 3.20. The molecular formula is C18H17BrF2N2O3S. The fourth-order valence-corrected chi connectivity index (χ4v) is 4.99. The van der Waals surface area contributed by atoms with Gasteiger partial charge in [0.1, 0.15) is 17.7 Å². The van der Waals surface area contributed by atoms with Crippen molar-refractivity contribution in [2.45, 2.75) is 30.3 Å². The van der Waals surface area contributed by atoms with Crippen LogP contribution in [0.2, 0.25) is 0 Å². The van der Waals surface area contributed by atoms with Crippen LogP contribution >= 0.6 is 15.9 Å². The standard InChI is InChI=1S/C18H17BrF2N2O3S/c19-13-4-3-12(16(21)10-13)11-22-18(24)17-2-1-9-23(17)27(25,26)15-7-5-14(20)6-8-15/h3-8,10,17H,1-2,9,11H2,(H,22,24). The van der Waals surface area contributed by atoms with E-state index in [1.807, 2.05) is 0 Å². The summed E-state index contributed by atoms with van der Waals surface area (Å²) in [6.45, 7) is 0.156. The van der Waals surface area contributed by atoms with Crippen molar-refractivity contribution in [3.63, 3.8) is 0 Å². The second kappa shape index (κ2) is 8.04. The molecule has 0 bridgehead atoms. The third kappa shape index (κ3) is 4.36. The number of carbonyl (C=O) groups is 1. The van der Waals surface area contributed by atoms with Crippen LogP contribution in [0.25, 0.3) is 0 Å². The lowest BCUT2D eigenvalue weighted by atomic mass is 10.2. The molecule has 1 heterocycles. The number of nitrogens with zero attached hydrogens (tertiary/aromatic N) is 1. The maximum absolute atomic E-state index is 13.9. The SMILES string of the molecule is O=C(NCc1ccc(Br)cc1F)C1CCCN1S(=O)(=O)c1ccc(F)cc1. The average Bonchev–Trinajstić information content (AvgIpc) is 3.12. The Labute approximate surface area is 164 Å². The highest BCUT2D eigenvalue weighted by Gasteiger charge is 2.39. The molecule has 1 unspecified atom stereocenters. The molecule has 1 aliphatic rings. The van der Waals surface area contributed by atoms with Gasteiger partial charge in [0.2, 0.25) is 15.9 Å². The number of sulfonamides is 1. The molecule has 0 aliphatic carbocycles. The van der Waals surface area contributed by atoms with Gasteiger partial charge in [0.25, 0.3) is 0 Å². The van der Waals surface area contributed by atoms with E-state index in [0.29, 0.717) is 22.9 Å². The molecule has 3 rings (SSSR count). The van der Waals surface area contributed by atoms with Gasteiger partial charge >= 0.3 is 0 Å². The fourth-order valence-electron chi connectivity index (χ4n) is 3.00. The highest BCUT2D eigenvalue weighted by atomic mass is 79.9. The van der Waals surface area contributed by atoms with Crippen LogP contribution in [0.15, 0.2) is 51.8 Å². The van der Waals surface area contributed by atoms with Crippen LogP contribution in [0.3, 0.4) is 0 Å². The summed E-state index contributed by atoms with van der Waals surface area (Å²) in [5.74, 6) is -1.49. The monoisotopic (exact) mass is 458 g/mol. The third-order valence-corrected chi connectivity index (χ3v) is 6.81. The van der Waals surface area contributed by atoms with E-state index in [0.717, 1.165) is 16.4 Å². The Balaban J connectivity index is 1.73. The number of nitrogens with one attached hydrogen (secondary N) is 1. The fraction of sp³-hybridized carbons (Fsp3) is 0.278. The van der Waals surface area contributed by atoms with E-state index < -0.39 is 33.6 Å². The van der Waals surface area contributed by atoms with Crippen molar-refractivity contribution in [3.8, 4) is 0 Å². The van der Waals surface area contributed by atoms with Crippen LogP contribution in [0, 0.1) is 11.6 Å². The first-order valence-corrected chi connectivity index (χ1v) is 10.5. The molecule has 0 radical (unpaired) electrons. The molecule has 5 nitrogen and oxygen atoms in total. The second-order valence-electron chi connectivity index (χ2n) is 6.18.